The molecular formula is C24H31N5O3. The Morgan fingerprint density at radius 2 is 2.00 bits per heavy atom. The summed E-state index contributed by atoms with van der Waals surface area (Å²) in [5, 5.41) is 9.48. The molecule has 8 nitrogen and oxygen atoms in total. The predicted molar refractivity (Wildman–Crippen MR) is 122 cm³/mol. The van der Waals surface area contributed by atoms with Gasteiger partial charge in [-0.05, 0) is 52.2 Å². The largest absolute Gasteiger partial charge is 0.377 e. The van der Waals surface area contributed by atoms with Gasteiger partial charge in [-0.25, -0.2) is 4.98 Å². The van der Waals surface area contributed by atoms with Crippen LogP contribution in [-0.4, -0.2) is 61.5 Å². The van der Waals surface area contributed by atoms with Crippen molar-refractivity contribution in [3.63, 3.8) is 0 Å². The van der Waals surface area contributed by atoms with Gasteiger partial charge in [-0.1, -0.05) is 6.07 Å². The second-order valence-corrected chi connectivity index (χ2v) is 9.35. The molecule has 1 amide bonds. The first-order valence-corrected chi connectivity index (χ1v) is 11.2. The van der Waals surface area contributed by atoms with Gasteiger partial charge in [0.25, 0.3) is 0 Å². The molecule has 32 heavy (non-hydrogen) atoms. The van der Waals surface area contributed by atoms with Crippen LogP contribution in [0.5, 0.6) is 0 Å². The molecule has 8 heteroatoms. The van der Waals surface area contributed by atoms with E-state index in [4.69, 9.17) is 14.5 Å². The zero-order chi connectivity index (χ0) is 23.0. The zero-order valence-electron chi connectivity index (χ0n) is 19.4. The number of amides is 1. The van der Waals surface area contributed by atoms with E-state index >= 15 is 0 Å². The number of aliphatic imine (C=N–C) groups is 2. The molecule has 1 aromatic rings. The molecule has 0 saturated carbocycles. The fourth-order valence-corrected chi connectivity index (χ4v) is 4.97. The van der Waals surface area contributed by atoms with Gasteiger partial charge in [0, 0.05) is 32.1 Å². The lowest BCUT2D eigenvalue weighted by Crippen LogP contribution is -2.40. The third-order valence-electron chi connectivity index (χ3n) is 6.96. The molecule has 1 aromatic heterocycles. The fourth-order valence-electron chi connectivity index (χ4n) is 4.97. The van der Waals surface area contributed by atoms with Crippen LogP contribution < -0.4 is 4.90 Å². The standard InChI is InChI=1S/C24H31N5O3/c1-14-21-16(9-10-17(27-21)15-11-18(31-4)22(32-5)26-12-15)23(30)29(14)20-8-6-7-19(28-20)24(2,3)13-25/h6-8,12,14-18,22H,9-11H2,1-5H3. The third kappa shape index (κ3) is 3.84. The van der Waals surface area contributed by atoms with E-state index in [0.29, 0.717) is 11.5 Å². The van der Waals surface area contributed by atoms with Crippen molar-refractivity contribution in [2.24, 2.45) is 21.8 Å². The molecule has 6 unspecified atom stereocenters. The Morgan fingerprint density at radius 3 is 2.69 bits per heavy atom. The first kappa shape index (κ1) is 22.6. The summed E-state index contributed by atoms with van der Waals surface area (Å²) < 4.78 is 11.0. The third-order valence-corrected chi connectivity index (χ3v) is 6.96. The lowest BCUT2D eigenvalue weighted by molar-refractivity contribution is -0.119. The Labute approximate surface area is 189 Å². The normalized spacial score (nSPS) is 32.4. The molecule has 3 aliphatic heterocycles. The number of fused-ring (bicyclic) bond motifs is 1. The molecular weight excluding hydrogens is 406 g/mol. The summed E-state index contributed by atoms with van der Waals surface area (Å²) in [6, 6.07) is 7.72. The maximum Gasteiger partial charge on any atom is 0.237 e. The Hall–Kier alpha value is -2.63. The van der Waals surface area contributed by atoms with Crippen molar-refractivity contribution in [1.82, 2.24) is 4.98 Å². The number of hydrogen-bond donors (Lipinski definition) is 0. The van der Waals surface area contributed by atoms with Gasteiger partial charge in [0.05, 0.1) is 35.2 Å². The molecule has 0 aliphatic carbocycles. The summed E-state index contributed by atoms with van der Waals surface area (Å²) in [5.41, 5.74) is 0.855. The number of hydrogen-bond acceptors (Lipinski definition) is 7. The second kappa shape index (κ2) is 8.72. The van der Waals surface area contributed by atoms with Crippen molar-refractivity contribution < 1.29 is 14.3 Å². The summed E-state index contributed by atoms with van der Waals surface area (Å²) in [4.78, 5) is 29.3. The molecule has 0 N–H and O–H groups in total. The summed E-state index contributed by atoms with van der Waals surface area (Å²) in [5.74, 6) is 0.578. The van der Waals surface area contributed by atoms with Crippen molar-refractivity contribution in [3.8, 4) is 6.07 Å². The molecule has 0 aromatic carbocycles. The van der Waals surface area contributed by atoms with E-state index in [1.807, 2.05) is 45.2 Å². The van der Waals surface area contributed by atoms with Crippen molar-refractivity contribution in [2.45, 2.75) is 69.9 Å². The Morgan fingerprint density at radius 1 is 1.22 bits per heavy atom. The highest BCUT2D eigenvalue weighted by atomic mass is 16.5. The number of methoxy groups -OCH3 is 2. The summed E-state index contributed by atoms with van der Waals surface area (Å²) >= 11 is 0. The van der Waals surface area contributed by atoms with Crippen LogP contribution in [-0.2, 0) is 19.7 Å². The van der Waals surface area contributed by atoms with Crippen LogP contribution in [0.2, 0.25) is 0 Å². The number of anilines is 1. The fraction of sp³-hybridized carbons (Fsp3) is 0.625. The van der Waals surface area contributed by atoms with Crippen LogP contribution in [0, 0.1) is 23.2 Å². The Balaban J connectivity index is 1.60. The highest BCUT2D eigenvalue weighted by Crippen LogP contribution is 2.37. The topological polar surface area (TPSA) is 100 Å². The monoisotopic (exact) mass is 437 g/mol. The number of ether oxygens (including phenoxy) is 2. The molecule has 170 valence electrons. The van der Waals surface area contributed by atoms with Gasteiger partial charge >= 0.3 is 0 Å². The van der Waals surface area contributed by atoms with E-state index in [9.17, 15) is 10.1 Å². The molecule has 0 spiro atoms. The number of rotatable bonds is 5. The van der Waals surface area contributed by atoms with Crippen LogP contribution >= 0.6 is 0 Å². The van der Waals surface area contributed by atoms with E-state index in [0.717, 1.165) is 25.0 Å². The summed E-state index contributed by atoms with van der Waals surface area (Å²) in [6.45, 7) is 5.67. The summed E-state index contributed by atoms with van der Waals surface area (Å²) in [6.07, 6.45) is 3.97. The second-order valence-electron chi connectivity index (χ2n) is 9.35. The van der Waals surface area contributed by atoms with E-state index in [2.05, 4.69) is 16.0 Å². The number of carbonyl (C=O) groups excluding carboxylic acids is 1. The molecule has 0 radical (unpaired) electrons. The van der Waals surface area contributed by atoms with Gasteiger partial charge in [0.1, 0.15) is 11.9 Å². The van der Waals surface area contributed by atoms with E-state index < -0.39 is 5.41 Å². The number of nitrogens with zero attached hydrogens (tertiary/aromatic N) is 5. The van der Waals surface area contributed by atoms with E-state index in [1.165, 1.54) is 0 Å². The highest BCUT2D eigenvalue weighted by molar-refractivity contribution is 6.21. The summed E-state index contributed by atoms with van der Waals surface area (Å²) in [7, 11) is 3.32. The van der Waals surface area contributed by atoms with E-state index in [1.54, 1.807) is 19.1 Å². The zero-order valence-corrected chi connectivity index (χ0v) is 19.4. The smallest absolute Gasteiger partial charge is 0.237 e. The molecule has 4 heterocycles. The molecule has 0 bridgehead atoms. The maximum atomic E-state index is 13.3. The lowest BCUT2D eigenvalue weighted by atomic mass is 9.83. The minimum Gasteiger partial charge on any atom is -0.377 e. The van der Waals surface area contributed by atoms with Crippen LogP contribution in [0.3, 0.4) is 0 Å². The Bertz CT molecular complexity index is 982. The van der Waals surface area contributed by atoms with Gasteiger partial charge in [-0.3, -0.25) is 19.7 Å². The highest BCUT2D eigenvalue weighted by Gasteiger charge is 2.47. The van der Waals surface area contributed by atoms with Crippen molar-refractivity contribution >= 4 is 23.7 Å². The average molecular weight is 438 g/mol. The number of nitriles is 1. The van der Waals surface area contributed by atoms with Crippen molar-refractivity contribution in [3.05, 3.63) is 23.9 Å². The lowest BCUT2D eigenvalue weighted by Gasteiger charge is -2.34. The van der Waals surface area contributed by atoms with Gasteiger partial charge in [-0.2, -0.15) is 5.26 Å². The van der Waals surface area contributed by atoms with Crippen LogP contribution in [0.15, 0.2) is 28.2 Å². The van der Waals surface area contributed by atoms with Crippen LogP contribution in [0.1, 0.15) is 45.7 Å². The van der Waals surface area contributed by atoms with Gasteiger partial charge in [0.2, 0.25) is 5.91 Å². The maximum absolute atomic E-state index is 13.3. The van der Waals surface area contributed by atoms with E-state index in [-0.39, 0.29) is 42.2 Å². The number of aromatic nitrogens is 1. The molecule has 4 rings (SSSR count). The van der Waals surface area contributed by atoms with Crippen LogP contribution in [0.4, 0.5) is 5.82 Å². The quantitative estimate of drug-likeness (QED) is 0.705. The predicted octanol–water partition coefficient (Wildman–Crippen LogP) is 2.92. The number of pyridine rings is 1. The van der Waals surface area contributed by atoms with Gasteiger partial charge in [0.15, 0.2) is 6.23 Å². The van der Waals surface area contributed by atoms with Crippen molar-refractivity contribution in [1.29, 1.82) is 5.26 Å². The SMILES string of the molecule is COC1CC(C2CCC3C(=O)N(c4cccc(C(C)(C)C#N)n4)C(C)C3=N2)C=NC1OC. The molecule has 1 fully saturated rings. The number of carbonyl (C=O) groups is 1. The van der Waals surface area contributed by atoms with Crippen molar-refractivity contribution in [2.75, 3.05) is 19.1 Å². The first-order valence-electron chi connectivity index (χ1n) is 11.2. The van der Waals surface area contributed by atoms with Gasteiger partial charge in [-0.15, -0.1) is 0 Å². The molecule has 3 aliphatic rings. The van der Waals surface area contributed by atoms with Crippen LogP contribution in [0.25, 0.3) is 0 Å². The molecule has 6 atom stereocenters. The van der Waals surface area contributed by atoms with Gasteiger partial charge < -0.3 is 9.47 Å². The molecule has 1 saturated heterocycles. The minimum absolute atomic E-state index is 0.0423. The first-order chi connectivity index (χ1) is 15.3. The average Bonchev–Trinajstić information content (AvgIpc) is 3.07. The minimum atomic E-state index is -0.727. The Kier molecular flexibility index (Phi) is 6.15.